The molecule has 4 aromatic carbocycles. The number of amides is 7. The lowest BCUT2D eigenvalue weighted by Gasteiger charge is -2.25. The Bertz CT molecular complexity index is 4420. The second-order valence-corrected chi connectivity index (χ2v) is 31.4. The molecule has 7 aromatic rings. The van der Waals surface area contributed by atoms with Crippen LogP contribution in [0.5, 0.6) is 0 Å². The molecule has 0 aliphatic heterocycles. The normalized spacial score (nSPS) is 12.7. The predicted molar refractivity (Wildman–Crippen MR) is 403 cm³/mol. The molecule has 7 amide bonds. The molecule has 0 saturated heterocycles. The Morgan fingerprint density at radius 3 is 1.00 bits per heavy atom. The highest BCUT2D eigenvalue weighted by Crippen LogP contribution is 2.27. The van der Waals surface area contributed by atoms with Crippen molar-refractivity contribution in [2.24, 2.45) is 0 Å². The summed E-state index contributed by atoms with van der Waals surface area (Å²) < 4.78 is 14.7. The molecular weight excluding hydrogens is 1340 g/mol. The molecule has 105 heavy (non-hydrogen) atoms. The minimum absolute atomic E-state index is 0.00897. The number of rotatable bonds is 28. The van der Waals surface area contributed by atoms with Crippen LogP contribution >= 0.6 is 0 Å². The van der Waals surface area contributed by atoms with Crippen molar-refractivity contribution in [2.45, 2.75) is 207 Å². The van der Waals surface area contributed by atoms with Gasteiger partial charge in [0.2, 0.25) is 17.7 Å². The van der Waals surface area contributed by atoms with E-state index in [1.54, 1.807) is 76.3 Å². The van der Waals surface area contributed by atoms with E-state index in [2.05, 4.69) is 109 Å². The van der Waals surface area contributed by atoms with Gasteiger partial charge in [0.15, 0.2) is 0 Å². The summed E-state index contributed by atoms with van der Waals surface area (Å²) in [5.74, 6) is -3.69. The molecule has 3 heterocycles. The van der Waals surface area contributed by atoms with Crippen molar-refractivity contribution in [3.8, 4) is 0 Å². The van der Waals surface area contributed by atoms with Crippen LogP contribution in [-0.4, -0.2) is 125 Å². The highest BCUT2D eigenvalue weighted by molar-refractivity contribution is 6.05. The number of nitrogens with zero attached hydrogens (tertiary/aromatic N) is 7. The number of nitrogens with one attached hydrogen (secondary N) is 6. The quantitative estimate of drug-likeness (QED) is 0.0248. The zero-order chi connectivity index (χ0) is 77.4. The van der Waals surface area contributed by atoms with Gasteiger partial charge in [0.25, 0.3) is 17.7 Å². The molecule has 0 aliphatic rings. The number of alkyl carbamates (subject to hydrolysis) is 1. The molecule has 0 fully saturated rings. The van der Waals surface area contributed by atoms with Gasteiger partial charge in [-0.25, -0.2) is 24.0 Å². The van der Waals surface area contributed by atoms with Gasteiger partial charge in [-0.2, -0.15) is 15.0 Å². The predicted octanol–water partition coefficient (Wildman–Crippen LogP) is 10.2. The van der Waals surface area contributed by atoms with Gasteiger partial charge in [0, 0.05) is 93.3 Å². The Balaban J connectivity index is 1.09. The van der Waals surface area contributed by atoms with E-state index in [0.29, 0.717) is 22.3 Å². The smallest absolute Gasteiger partial charge is 0.407 e. The van der Waals surface area contributed by atoms with Crippen molar-refractivity contribution in [1.29, 1.82) is 0 Å². The number of hydrogen-bond acceptors (Lipinski definition) is 16. The summed E-state index contributed by atoms with van der Waals surface area (Å²) in [7, 11) is 1.54. The number of carbonyl (C=O) groups excluding carboxylic acids is 8. The minimum Gasteiger partial charge on any atom is -0.460 e. The van der Waals surface area contributed by atoms with Gasteiger partial charge < -0.3 is 46.3 Å². The van der Waals surface area contributed by atoms with Crippen molar-refractivity contribution in [3.63, 3.8) is 0 Å². The molecule has 7 rings (SSSR count). The van der Waals surface area contributed by atoms with Gasteiger partial charge in [0.1, 0.15) is 29.7 Å². The number of anilines is 3. The van der Waals surface area contributed by atoms with E-state index in [4.69, 9.17) is 9.47 Å². The third kappa shape index (κ3) is 25.5. The average molecular weight is 1440 g/mol. The summed E-state index contributed by atoms with van der Waals surface area (Å²) in [6, 6.07) is 29.7. The Hall–Kier alpha value is -10.9. The monoisotopic (exact) mass is 1440 g/mol. The Labute approximate surface area is 612 Å². The van der Waals surface area contributed by atoms with Gasteiger partial charge in [-0.15, -0.1) is 0 Å². The topological polar surface area (TPSA) is 335 Å². The molecule has 3 unspecified atom stereocenters. The molecule has 0 bridgehead atoms. The third-order valence-corrected chi connectivity index (χ3v) is 17.3. The van der Waals surface area contributed by atoms with Crippen molar-refractivity contribution < 1.29 is 47.8 Å². The van der Waals surface area contributed by atoms with Crippen molar-refractivity contribution in [2.75, 3.05) is 36.1 Å². The molecule has 0 saturated carbocycles. The first-order valence-corrected chi connectivity index (χ1v) is 35.1. The van der Waals surface area contributed by atoms with Crippen molar-refractivity contribution >= 4 is 65.0 Å². The van der Waals surface area contributed by atoms with E-state index in [-0.39, 0.29) is 116 Å². The SMILES string of the molecule is CN(CCOC(=O)c1ccc(C(C)(C)C)cc1)C(=O)CCC(Cn1ccc(NC(=O)c2ccc(C(C)(C)C)cc2)nc1=O)NC(=O)CCC(Cn1ccc(NC(=O)c2ccc(C(C)(C)C)cc2)nc1=O)NC(=O)CCC(Cn1ccc(NC(=O)c2ccc(C(C)(C)C)cc2)nc1=O)NC(=O)OC(C)(C)C. The van der Waals surface area contributed by atoms with Crippen LogP contribution < -0.4 is 49.0 Å². The summed E-state index contributed by atoms with van der Waals surface area (Å²) in [6.07, 6.45) is 2.42. The maximum atomic E-state index is 14.4. The van der Waals surface area contributed by atoms with E-state index in [9.17, 15) is 52.7 Å². The summed E-state index contributed by atoms with van der Waals surface area (Å²) in [5.41, 5.74) is 1.60. The number of aromatic nitrogens is 6. The van der Waals surface area contributed by atoms with Crippen LogP contribution in [0, 0.1) is 0 Å². The second-order valence-electron chi connectivity index (χ2n) is 31.4. The van der Waals surface area contributed by atoms with Gasteiger partial charge in [-0.3, -0.25) is 42.5 Å². The summed E-state index contributed by atoms with van der Waals surface area (Å²) in [6.45, 7) is 29.0. The van der Waals surface area contributed by atoms with Crippen LogP contribution in [-0.2, 0) is 65.2 Å². The van der Waals surface area contributed by atoms with E-state index in [1.807, 2.05) is 69.3 Å². The molecule has 0 radical (unpaired) electrons. The van der Waals surface area contributed by atoms with Crippen LogP contribution in [0.2, 0.25) is 0 Å². The number of hydrogen-bond donors (Lipinski definition) is 6. The van der Waals surface area contributed by atoms with Crippen LogP contribution in [0.15, 0.2) is 148 Å². The Morgan fingerprint density at radius 1 is 0.410 bits per heavy atom. The van der Waals surface area contributed by atoms with E-state index < -0.39 is 82.4 Å². The highest BCUT2D eigenvalue weighted by Gasteiger charge is 2.27. The Morgan fingerprint density at radius 2 is 0.705 bits per heavy atom. The molecule has 560 valence electrons. The summed E-state index contributed by atoms with van der Waals surface area (Å²) in [4.78, 5) is 164. The highest BCUT2D eigenvalue weighted by atomic mass is 16.6. The molecule has 26 nitrogen and oxygen atoms in total. The maximum Gasteiger partial charge on any atom is 0.407 e. The van der Waals surface area contributed by atoms with E-state index in [0.717, 1.165) is 22.3 Å². The number of esters is 1. The third-order valence-electron chi connectivity index (χ3n) is 17.3. The van der Waals surface area contributed by atoms with E-state index in [1.165, 1.54) is 55.4 Å². The minimum atomic E-state index is -0.982. The zero-order valence-corrected chi connectivity index (χ0v) is 63.1. The molecule has 0 spiro atoms. The first kappa shape index (κ1) is 81.4. The lowest BCUT2D eigenvalue weighted by Crippen LogP contribution is -2.45. The molecule has 0 aliphatic carbocycles. The number of benzene rings is 4. The first-order valence-electron chi connectivity index (χ1n) is 35.1. The largest absolute Gasteiger partial charge is 0.460 e. The van der Waals surface area contributed by atoms with Crippen molar-refractivity contribution in [3.05, 3.63) is 210 Å². The zero-order valence-electron chi connectivity index (χ0n) is 63.1. The molecule has 26 heteroatoms. The summed E-state index contributed by atoms with van der Waals surface area (Å²) in [5, 5.41) is 16.6. The van der Waals surface area contributed by atoms with Gasteiger partial charge in [-0.1, -0.05) is 132 Å². The maximum absolute atomic E-state index is 14.4. The van der Waals surface area contributed by atoms with Crippen molar-refractivity contribution in [1.82, 2.24) is 49.5 Å². The lowest BCUT2D eigenvalue weighted by molar-refractivity contribution is -0.131. The summed E-state index contributed by atoms with van der Waals surface area (Å²) >= 11 is 0. The first-order chi connectivity index (χ1) is 49.1. The molecule has 3 aromatic heterocycles. The molecule has 6 N–H and O–H groups in total. The number of likely N-dealkylation sites (N-methyl/N-ethyl adjacent to an activating group) is 1. The van der Waals surface area contributed by atoms with Crippen LogP contribution in [0.3, 0.4) is 0 Å². The van der Waals surface area contributed by atoms with Crippen LogP contribution in [0.1, 0.15) is 206 Å². The second kappa shape index (κ2) is 35.0. The molecular formula is C79H101N13O13. The van der Waals surface area contributed by atoms with Gasteiger partial charge in [-0.05, 0) is 151 Å². The average Bonchev–Trinajstić information content (AvgIpc) is 0.874. The van der Waals surface area contributed by atoms with Crippen LogP contribution in [0.4, 0.5) is 22.2 Å². The standard InChI is InChI=1S/C79H101N13O13/c1-75(2,3)54-25-17-50(18-26-54)67(96)83-61-39-42-90(71(100)86-61)47-58(80-65(94)37-34-60(82-74(103)105-79(13,14)15)49-92-44-41-63(88-73(92)102)85-69(98)52-21-29-56(30-22-52)77(7,8)9)33-36-64(93)81-59(35-38-66(95)89(16)45-46-104-70(99)53-23-31-57(32-24-53)78(10,11)12)48-91-43-40-62(87-72(91)101)84-68(97)51-19-27-55(28-20-51)76(4,5)6/h17-32,39-44,58-60H,33-38,45-49H2,1-16H3,(H,80,94)(H,81,93)(H,82,103)(H,83,86,96,100)(H,84,87,97,101)(H,85,88,98,102). The Kier molecular flexibility index (Phi) is 27.2. The fourth-order valence-corrected chi connectivity index (χ4v) is 10.9. The lowest BCUT2D eigenvalue weighted by atomic mass is 9.86. The van der Waals surface area contributed by atoms with Crippen LogP contribution in [0.25, 0.3) is 0 Å². The van der Waals surface area contributed by atoms with Gasteiger partial charge >= 0.3 is 29.1 Å². The number of carbonyl (C=O) groups is 8. The van der Waals surface area contributed by atoms with Gasteiger partial charge in [0.05, 0.1) is 18.2 Å². The molecule has 3 atom stereocenters. The fraction of sp³-hybridized carbons (Fsp3) is 0.443. The fourth-order valence-electron chi connectivity index (χ4n) is 10.9. The van der Waals surface area contributed by atoms with E-state index >= 15 is 0 Å². The number of ether oxygens (including phenoxy) is 2.